The highest BCUT2D eigenvalue weighted by atomic mass is 32.2. The molecule has 0 spiro atoms. The van der Waals surface area contributed by atoms with Gasteiger partial charge in [0.15, 0.2) is 0 Å². The van der Waals surface area contributed by atoms with E-state index in [9.17, 15) is 38.4 Å². The molecular formula is C36H67N11O8S. The van der Waals surface area contributed by atoms with Crippen LogP contribution in [0.4, 0.5) is 0 Å². The van der Waals surface area contributed by atoms with Gasteiger partial charge < -0.3 is 59.7 Å². The molecule has 1 aliphatic heterocycles. The zero-order chi connectivity index (χ0) is 41.9. The van der Waals surface area contributed by atoms with Gasteiger partial charge in [-0.25, -0.2) is 0 Å². The molecule has 0 aliphatic carbocycles. The molecule has 0 aromatic carbocycles. The summed E-state index contributed by atoms with van der Waals surface area (Å²) in [5, 5.41) is 21.6. The zero-order valence-corrected chi connectivity index (χ0v) is 34.1. The minimum absolute atomic E-state index is 0.136. The van der Waals surface area contributed by atoms with E-state index in [1.807, 2.05) is 0 Å². The summed E-state index contributed by atoms with van der Waals surface area (Å²) in [7, 11) is 0. The van der Waals surface area contributed by atoms with Crippen LogP contribution >= 0.6 is 11.8 Å². The van der Waals surface area contributed by atoms with Gasteiger partial charge in [0.05, 0.1) is 5.88 Å². The van der Waals surface area contributed by atoms with Crippen molar-refractivity contribution in [2.24, 2.45) is 17.2 Å². The summed E-state index contributed by atoms with van der Waals surface area (Å²) in [6, 6.07) is -6.55. The van der Waals surface area contributed by atoms with Crippen molar-refractivity contribution in [2.75, 3.05) is 37.8 Å². The van der Waals surface area contributed by atoms with Gasteiger partial charge in [0, 0.05) is 25.6 Å². The molecule has 0 unspecified atom stereocenters. The standard InChI is InChI=1S/C36H67N11O8S/c1-23-31(50)44-26(12-4-8-17-37)33(52)42-24(2)32(51)45-28(14-6-10-19-39)35(54)47-29(36(55)46-27(34(53)43-23)13-5-9-18-38)15-7-11-20-40-30(49)16-21-56-22-41-25(3)48/h23-24,26-29H,4-22,37-39H2,1-3H3,(H,40,49)(H,41,48)(H,42,52)(H,43,53)(H,44,50)(H,45,51)(H,46,55)(H,47,54)/t23-,24-,26+,27+,28+,29-/m1/s1. The second kappa shape index (κ2) is 29.3. The Balaban J connectivity index is 3.31. The summed E-state index contributed by atoms with van der Waals surface area (Å²) in [6.45, 7) is 5.72. The van der Waals surface area contributed by atoms with E-state index in [2.05, 4.69) is 42.5 Å². The lowest BCUT2D eigenvalue weighted by Gasteiger charge is -2.28. The van der Waals surface area contributed by atoms with E-state index < -0.39 is 71.7 Å². The van der Waals surface area contributed by atoms with Crippen molar-refractivity contribution in [3.05, 3.63) is 0 Å². The van der Waals surface area contributed by atoms with Gasteiger partial charge in [-0.2, -0.15) is 0 Å². The van der Waals surface area contributed by atoms with E-state index in [1.54, 1.807) is 0 Å². The highest BCUT2D eigenvalue weighted by molar-refractivity contribution is 7.99. The largest absolute Gasteiger partial charge is 0.356 e. The Labute approximate surface area is 334 Å². The van der Waals surface area contributed by atoms with Crippen LogP contribution in [0.5, 0.6) is 0 Å². The Morgan fingerprint density at radius 2 is 0.893 bits per heavy atom. The molecule has 0 bridgehead atoms. The third-order valence-corrected chi connectivity index (χ3v) is 9.86. The predicted octanol–water partition coefficient (Wildman–Crippen LogP) is -2.16. The maximum atomic E-state index is 13.9. The molecule has 0 aromatic heterocycles. The van der Waals surface area contributed by atoms with Crippen LogP contribution < -0.4 is 59.7 Å². The average Bonchev–Trinajstić information content (AvgIpc) is 3.15. The molecule has 0 radical (unpaired) electrons. The molecule has 56 heavy (non-hydrogen) atoms. The van der Waals surface area contributed by atoms with Crippen LogP contribution in [-0.2, 0) is 38.4 Å². The summed E-state index contributed by atoms with van der Waals surface area (Å²) < 4.78 is 0. The van der Waals surface area contributed by atoms with Crippen LogP contribution in [-0.4, -0.2) is 121 Å². The molecule has 1 fully saturated rings. The van der Waals surface area contributed by atoms with Crippen molar-refractivity contribution in [3.8, 4) is 0 Å². The Kier molecular flexibility index (Phi) is 26.1. The van der Waals surface area contributed by atoms with Gasteiger partial charge in [0.25, 0.3) is 0 Å². The fraction of sp³-hybridized carbons (Fsp3) is 0.778. The number of nitrogens with two attached hydrogens (primary N) is 3. The predicted molar refractivity (Wildman–Crippen MR) is 214 cm³/mol. The molecule has 6 atom stereocenters. The molecule has 1 heterocycles. The Morgan fingerprint density at radius 3 is 1.27 bits per heavy atom. The monoisotopic (exact) mass is 813 g/mol. The quantitative estimate of drug-likeness (QED) is 0.0412. The second-order valence-corrected chi connectivity index (χ2v) is 15.0. The fourth-order valence-corrected chi connectivity index (χ4v) is 6.41. The molecule has 1 rings (SSSR count). The lowest BCUT2D eigenvalue weighted by atomic mass is 10.0. The van der Waals surface area contributed by atoms with Crippen molar-refractivity contribution in [1.29, 1.82) is 0 Å². The molecule has 320 valence electrons. The van der Waals surface area contributed by atoms with E-state index in [0.717, 1.165) is 0 Å². The van der Waals surface area contributed by atoms with Crippen molar-refractivity contribution >= 4 is 59.0 Å². The maximum absolute atomic E-state index is 13.9. The smallest absolute Gasteiger partial charge is 0.243 e. The number of hydrogen-bond acceptors (Lipinski definition) is 12. The third-order valence-electron chi connectivity index (χ3n) is 9.02. The van der Waals surface area contributed by atoms with Gasteiger partial charge in [-0.15, -0.1) is 11.8 Å². The summed E-state index contributed by atoms with van der Waals surface area (Å²) in [5.41, 5.74) is 17.0. The fourth-order valence-electron chi connectivity index (χ4n) is 5.63. The van der Waals surface area contributed by atoms with Crippen LogP contribution in [0.25, 0.3) is 0 Å². The van der Waals surface area contributed by atoms with Crippen LogP contribution in [0.3, 0.4) is 0 Å². The van der Waals surface area contributed by atoms with Gasteiger partial charge in [-0.1, -0.05) is 0 Å². The lowest BCUT2D eigenvalue weighted by Crippen LogP contribution is -2.60. The Hall–Kier alpha value is -4.01. The number of nitrogens with one attached hydrogen (secondary N) is 8. The number of carbonyl (C=O) groups excluding carboxylic acids is 8. The highest BCUT2D eigenvalue weighted by Crippen LogP contribution is 2.10. The normalized spacial score (nSPS) is 23.0. The second-order valence-electron chi connectivity index (χ2n) is 13.9. The van der Waals surface area contributed by atoms with Crippen LogP contribution in [0.2, 0.25) is 0 Å². The molecule has 8 amide bonds. The van der Waals surface area contributed by atoms with E-state index in [0.29, 0.717) is 89.2 Å². The topological polar surface area (TPSA) is 311 Å². The number of amides is 8. The van der Waals surface area contributed by atoms with Crippen LogP contribution in [0.1, 0.15) is 104 Å². The van der Waals surface area contributed by atoms with Gasteiger partial charge in [-0.3, -0.25) is 38.4 Å². The zero-order valence-electron chi connectivity index (χ0n) is 33.3. The van der Waals surface area contributed by atoms with E-state index >= 15 is 0 Å². The van der Waals surface area contributed by atoms with E-state index in [1.165, 1.54) is 32.5 Å². The first kappa shape index (κ1) is 50.0. The lowest BCUT2D eigenvalue weighted by molar-refractivity contribution is -0.136. The van der Waals surface area contributed by atoms with Gasteiger partial charge in [-0.05, 0) is 111 Å². The first-order valence-corrected chi connectivity index (χ1v) is 20.9. The average molecular weight is 814 g/mol. The summed E-state index contributed by atoms with van der Waals surface area (Å²) in [5.74, 6) is -3.20. The maximum Gasteiger partial charge on any atom is 0.243 e. The van der Waals surface area contributed by atoms with Crippen LogP contribution in [0, 0.1) is 0 Å². The van der Waals surface area contributed by atoms with Crippen molar-refractivity contribution in [3.63, 3.8) is 0 Å². The van der Waals surface area contributed by atoms with Crippen molar-refractivity contribution < 1.29 is 38.4 Å². The number of carbonyl (C=O) groups is 8. The van der Waals surface area contributed by atoms with E-state index in [4.69, 9.17) is 17.2 Å². The summed E-state index contributed by atoms with van der Waals surface area (Å²) in [4.78, 5) is 105. The molecule has 1 saturated heterocycles. The van der Waals surface area contributed by atoms with Gasteiger partial charge in [0.1, 0.15) is 36.3 Å². The van der Waals surface area contributed by atoms with Gasteiger partial charge >= 0.3 is 0 Å². The number of unbranched alkanes of at least 4 members (excludes halogenated alkanes) is 4. The van der Waals surface area contributed by atoms with Crippen molar-refractivity contribution in [1.82, 2.24) is 42.5 Å². The molecule has 1 aliphatic rings. The van der Waals surface area contributed by atoms with Gasteiger partial charge in [0.2, 0.25) is 47.3 Å². The van der Waals surface area contributed by atoms with Crippen LogP contribution in [0.15, 0.2) is 0 Å². The Morgan fingerprint density at radius 1 is 0.536 bits per heavy atom. The summed E-state index contributed by atoms with van der Waals surface area (Å²) in [6.07, 6.45) is 5.06. The summed E-state index contributed by atoms with van der Waals surface area (Å²) >= 11 is 1.42. The van der Waals surface area contributed by atoms with Crippen molar-refractivity contribution in [2.45, 2.75) is 140 Å². The molecule has 0 saturated carbocycles. The minimum atomic E-state index is -1.13. The Bertz CT molecular complexity index is 1270. The first-order chi connectivity index (χ1) is 26.7. The molecule has 14 N–H and O–H groups in total. The molecular weight excluding hydrogens is 747 g/mol. The molecule has 20 heteroatoms. The SMILES string of the molecule is CC(=O)NCSCCC(=O)NCCCC[C@H]1NC(=O)[C@H](CCCCN)NC(=O)[C@@H](C)NC(=O)[C@H](CCCCN)NC(=O)[C@@H](C)NC(=O)[C@H](CCCCN)NC1=O. The molecule has 0 aromatic rings. The molecule has 19 nitrogen and oxygen atoms in total. The number of hydrogen-bond donors (Lipinski definition) is 11. The highest BCUT2D eigenvalue weighted by Gasteiger charge is 2.33. The number of rotatable bonds is 22. The minimum Gasteiger partial charge on any atom is -0.356 e. The van der Waals surface area contributed by atoms with E-state index in [-0.39, 0.29) is 43.9 Å². The first-order valence-electron chi connectivity index (χ1n) is 19.7. The number of thioether (sulfide) groups is 1. The third kappa shape index (κ3) is 21.3.